The molecular weight excluding hydrogens is 287 g/mol. The molecule has 0 spiro atoms. The molecule has 0 radical (unpaired) electrons. The molecule has 0 unspecified atom stereocenters. The predicted octanol–water partition coefficient (Wildman–Crippen LogP) is 2.56. The molecule has 0 aliphatic heterocycles. The van der Waals surface area contributed by atoms with Crippen molar-refractivity contribution >= 4 is 11.6 Å². The Balaban J connectivity index is 2.17. The van der Waals surface area contributed by atoms with Crippen LogP contribution in [-0.2, 0) is 7.05 Å². The Bertz CT molecular complexity index is 753. The Morgan fingerprint density at radius 2 is 2.00 bits per heavy atom. The van der Waals surface area contributed by atoms with Gasteiger partial charge in [-0.2, -0.15) is 0 Å². The Labute approximate surface area is 127 Å². The van der Waals surface area contributed by atoms with Crippen molar-refractivity contribution in [2.24, 2.45) is 7.05 Å². The van der Waals surface area contributed by atoms with Crippen LogP contribution in [0, 0.1) is 5.82 Å². The number of nitrogens with zero attached hydrogens (tertiary/aromatic N) is 1. The van der Waals surface area contributed by atoms with E-state index in [1.807, 2.05) is 13.8 Å². The molecule has 0 saturated heterocycles. The lowest BCUT2D eigenvalue weighted by Crippen LogP contribution is -2.20. The van der Waals surface area contributed by atoms with Crippen LogP contribution in [0.1, 0.15) is 24.2 Å². The van der Waals surface area contributed by atoms with Crippen molar-refractivity contribution in [3.8, 4) is 5.75 Å². The van der Waals surface area contributed by atoms with E-state index < -0.39 is 11.7 Å². The van der Waals surface area contributed by atoms with Crippen molar-refractivity contribution in [2.45, 2.75) is 20.0 Å². The normalized spacial score (nSPS) is 10.6. The number of ether oxygens (including phenoxy) is 1. The number of anilines is 1. The first-order valence-electron chi connectivity index (χ1n) is 6.81. The topological polar surface area (TPSA) is 60.3 Å². The van der Waals surface area contributed by atoms with Gasteiger partial charge in [0.1, 0.15) is 11.6 Å². The molecule has 1 aromatic carbocycles. The highest BCUT2D eigenvalue weighted by atomic mass is 19.1. The number of hydrogen-bond acceptors (Lipinski definition) is 3. The Morgan fingerprint density at radius 1 is 1.27 bits per heavy atom. The zero-order chi connectivity index (χ0) is 16.3. The Kier molecular flexibility index (Phi) is 4.60. The maximum atomic E-state index is 14.0. The van der Waals surface area contributed by atoms with Gasteiger partial charge >= 0.3 is 0 Å². The van der Waals surface area contributed by atoms with Crippen LogP contribution in [0.25, 0.3) is 0 Å². The number of pyridine rings is 1. The summed E-state index contributed by atoms with van der Waals surface area (Å²) in [5.41, 5.74) is -0.111. The van der Waals surface area contributed by atoms with Gasteiger partial charge in [-0.25, -0.2) is 4.39 Å². The molecule has 116 valence electrons. The zero-order valence-corrected chi connectivity index (χ0v) is 12.6. The minimum atomic E-state index is -0.602. The van der Waals surface area contributed by atoms with Crippen LogP contribution in [0.3, 0.4) is 0 Å². The molecule has 0 aliphatic carbocycles. The molecule has 6 heteroatoms. The van der Waals surface area contributed by atoms with Gasteiger partial charge in [0.05, 0.1) is 11.8 Å². The standard InChI is InChI=1S/C16H17FN2O3/c1-10(2)22-12-4-5-14(13(17)9-12)18-16(21)11-6-7-19(3)15(20)8-11/h4-10H,1-3H3,(H,18,21). The molecule has 1 aromatic heterocycles. The van der Waals surface area contributed by atoms with E-state index in [0.717, 1.165) is 0 Å². The summed E-state index contributed by atoms with van der Waals surface area (Å²) in [6, 6.07) is 6.89. The second-order valence-electron chi connectivity index (χ2n) is 5.13. The van der Waals surface area contributed by atoms with E-state index in [4.69, 9.17) is 4.74 Å². The number of aryl methyl sites for hydroxylation is 1. The quantitative estimate of drug-likeness (QED) is 0.944. The SMILES string of the molecule is CC(C)Oc1ccc(NC(=O)c2ccn(C)c(=O)c2)c(F)c1. The van der Waals surface area contributed by atoms with Gasteiger partial charge < -0.3 is 14.6 Å². The molecule has 1 amide bonds. The summed E-state index contributed by atoms with van der Waals surface area (Å²) >= 11 is 0. The fourth-order valence-corrected chi connectivity index (χ4v) is 1.83. The predicted molar refractivity (Wildman–Crippen MR) is 81.8 cm³/mol. The third-order valence-electron chi connectivity index (χ3n) is 2.93. The highest BCUT2D eigenvalue weighted by molar-refractivity contribution is 6.04. The van der Waals surface area contributed by atoms with Crippen LogP contribution in [-0.4, -0.2) is 16.6 Å². The molecule has 0 saturated carbocycles. The molecule has 1 N–H and O–H groups in total. The van der Waals surface area contributed by atoms with Crippen molar-refractivity contribution in [2.75, 3.05) is 5.32 Å². The molecule has 5 nitrogen and oxygen atoms in total. The van der Waals surface area contributed by atoms with E-state index in [1.54, 1.807) is 13.1 Å². The average Bonchev–Trinajstić information content (AvgIpc) is 2.44. The van der Waals surface area contributed by atoms with E-state index in [1.165, 1.54) is 35.0 Å². The van der Waals surface area contributed by atoms with Gasteiger partial charge in [-0.1, -0.05) is 0 Å². The van der Waals surface area contributed by atoms with Crippen LogP contribution in [0.2, 0.25) is 0 Å². The van der Waals surface area contributed by atoms with Gasteiger partial charge in [0.25, 0.3) is 11.5 Å². The van der Waals surface area contributed by atoms with Gasteiger partial charge in [0.2, 0.25) is 0 Å². The maximum absolute atomic E-state index is 14.0. The van der Waals surface area contributed by atoms with E-state index in [-0.39, 0.29) is 22.9 Å². The minimum absolute atomic E-state index is 0.0294. The summed E-state index contributed by atoms with van der Waals surface area (Å²) in [5, 5.41) is 2.44. The number of aromatic nitrogens is 1. The minimum Gasteiger partial charge on any atom is -0.491 e. The van der Waals surface area contributed by atoms with Crippen LogP contribution in [0.4, 0.5) is 10.1 Å². The first-order valence-corrected chi connectivity index (χ1v) is 6.81. The molecule has 0 aliphatic rings. The molecule has 2 aromatic rings. The van der Waals surface area contributed by atoms with Crippen LogP contribution in [0.15, 0.2) is 41.3 Å². The number of benzene rings is 1. The monoisotopic (exact) mass is 304 g/mol. The maximum Gasteiger partial charge on any atom is 0.255 e. The summed E-state index contributed by atoms with van der Waals surface area (Å²) < 4.78 is 20.7. The van der Waals surface area contributed by atoms with E-state index in [9.17, 15) is 14.0 Å². The van der Waals surface area contributed by atoms with Gasteiger partial charge in [-0.3, -0.25) is 9.59 Å². The van der Waals surface area contributed by atoms with Crippen molar-refractivity contribution in [1.82, 2.24) is 4.57 Å². The molecule has 0 atom stereocenters. The zero-order valence-electron chi connectivity index (χ0n) is 12.6. The second-order valence-corrected chi connectivity index (χ2v) is 5.13. The summed E-state index contributed by atoms with van der Waals surface area (Å²) in [5.74, 6) is -0.761. The number of carbonyl (C=O) groups is 1. The number of halogens is 1. The number of hydrogen-bond donors (Lipinski definition) is 1. The fraction of sp³-hybridized carbons (Fsp3) is 0.250. The van der Waals surface area contributed by atoms with Crippen molar-refractivity contribution < 1.29 is 13.9 Å². The Morgan fingerprint density at radius 3 is 2.59 bits per heavy atom. The van der Waals surface area contributed by atoms with Gasteiger partial charge in [0, 0.05) is 30.9 Å². The average molecular weight is 304 g/mol. The smallest absolute Gasteiger partial charge is 0.255 e. The summed E-state index contributed by atoms with van der Waals surface area (Å²) in [4.78, 5) is 23.5. The van der Waals surface area contributed by atoms with Gasteiger partial charge in [-0.05, 0) is 32.0 Å². The molecule has 0 fully saturated rings. The molecular formula is C16H17FN2O3. The van der Waals surface area contributed by atoms with E-state index in [2.05, 4.69) is 5.32 Å². The van der Waals surface area contributed by atoms with Gasteiger partial charge in [0.15, 0.2) is 0 Å². The number of rotatable bonds is 4. The van der Waals surface area contributed by atoms with Gasteiger partial charge in [-0.15, -0.1) is 0 Å². The third kappa shape index (κ3) is 3.72. The lowest BCUT2D eigenvalue weighted by atomic mass is 10.2. The van der Waals surface area contributed by atoms with Crippen LogP contribution < -0.4 is 15.6 Å². The third-order valence-corrected chi connectivity index (χ3v) is 2.93. The van der Waals surface area contributed by atoms with Crippen LogP contribution >= 0.6 is 0 Å². The summed E-state index contributed by atoms with van der Waals surface area (Å²) in [6.45, 7) is 3.67. The number of amides is 1. The lowest BCUT2D eigenvalue weighted by Gasteiger charge is -2.11. The van der Waals surface area contributed by atoms with Crippen molar-refractivity contribution in [3.63, 3.8) is 0 Å². The molecule has 1 heterocycles. The highest BCUT2D eigenvalue weighted by Crippen LogP contribution is 2.22. The highest BCUT2D eigenvalue weighted by Gasteiger charge is 2.11. The molecule has 2 rings (SSSR count). The van der Waals surface area contributed by atoms with Crippen molar-refractivity contribution in [1.29, 1.82) is 0 Å². The lowest BCUT2D eigenvalue weighted by molar-refractivity contribution is 0.102. The summed E-state index contributed by atoms with van der Waals surface area (Å²) in [6.07, 6.45) is 1.41. The fourth-order valence-electron chi connectivity index (χ4n) is 1.83. The molecule has 22 heavy (non-hydrogen) atoms. The van der Waals surface area contributed by atoms with E-state index in [0.29, 0.717) is 5.75 Å². The van der Waals surface area contributed by atoms with E-state index >= 15 is 0 Å². The largest absolute Gasteiger partial charge is 0.491 e. The van der Waals surface area contributed by atoms with Crippen LogP contribution in [0.5, 0.6) is 5.75 Å². The Hall–Kier alpha value is -2.63. The first kappa shape index (κ1) is 15.8. The number of nitrogens with one attached hydrogen (secondary N) is 1. The molecule has 0 bridgehead atoms. The second kappa shape index (κ2) is 6.43. The number of carbonyl (C=O) groups excluding carboxylic acids is 1. The summed E-state index contributed by atoms with van der Waals surface area (Å²) in [7, 11) is 1.58. The first-order chi connectivity index (χ1) is 10.4. The van der Waals surface area contributed by atoms with Crippen molar-refractivity contribution in [3.05, 3.63) is 58.3 Å².